The number of hydrogen-bond acceptors (Lipinski definition) is 6. The number of aliphatic hydroxyl groups excluding tert-OH is 4. The largest absolute Gasteiger partial charge is 0.398 e. The fourth-order valence-corrected chi connectivity index (χ4v) is 3.27. The van der Waals surface area contributed by atoms with Crippen LogP contribution in [0.4, 0.5) is 5.69 Å². The highest BCUT2D eigenvalue weighted by atomic mass is 16.5. The van der Waals surface area contributed by atoms with Gasteiger partial charge < -0.3 is 30.9 Å². The topological polar surface area (TPSA) is 116 Å². The summed E-state index contributed by atoms with van der Waals surface area (Å²) in [5, 5.41) is 39.6. The summed E-state index contributed by atoms with van der Waals surface area (Å²) < 4.78 is 5.62. The number of aliphatic hydroxyl groups is 4. The second kappa shape index (κ2) is 8.09. The lowest BCUT2D eigenvalue weighted by Crippen LogP contribution is -2.55. The molecule has 0 aromatic heterocycles. The van der Waals surface area contributed by atoms with E-state index in [-0.39, 0.29) is 0 Å². The van der Waals surface area contributed by atoms with Crippen molar-refractivity contribution in [1.29, 1.82) is 0 Å². The average Bonchev–Trinajstić information content (AvgIpc) is 2.69. The molecule has 0 amide bonds. The summed E-state index contributed by atoms with van der Waals surface area (Å²) >= 11 is 0. The molecule has 5 atom stereocenters. The number of anilines is 1. The van der Waals surface area contributed by atoms with Crippen molar-refractivity contribution in [3.05, 3.63) is 64.7 Å². The van der Waals surface area contributed by atoms with Crippen LogP contribution in [-0.2, 0) is 11.2 Å². The van der Waals surface area contributed by atoms with E-state index >= 15 is 0 Å². The Balaban J connectivity index is 1.86. The third-order valence-electron chi connectivity index (χ3n) is 4.90. The fourth-order valence-electron chi connectivity index (χ4n) is 3.27. The summed E-state index contributed by atoms with van der Waals surface area (Å²) in [5.41, 5.74) is 9.94. The Labute approximate surface area is 157 Å². The number of nitrogens with two attached hydrogens (primary N) is 1. The number of benzene rings is 2. The first-order valence-electron chi connectivity index (χ1n) is 8.69. The van der Waals surface area contributed by atoms with Gasteiger partial charge >= 0.3 is 0 Å². The first kappa shape index (κ1) is 19.4. The van der Waals surface area contributed by atoms with E-state index in [1.807, 2.05) is 24.3 Å². The lowest BCUT2D eigenvalue weighted by Gasteiger charge is -2.40. The van der Waals surface area contributed by atoms with Crippen molar-refractivity contribution in [3.63, 3.8) is 0 Å². The molecule has 0 spiro atoms. The standard InChI is InChI=1S/C21H23NO5/c1-2-12-3-5-13(6-4-12)9-15-10-14(7-8-16(15)22)21-20(26)19(25)18(24)17(11-23)27-21/h1,3-8,10,17-21,23-26H,9,11,22H2/t17-,18-,19+,20-,21+/m1/s1. The van der Waals surface area contributed by atoms with Gasteiger partial charge in [0, 0.05) is 11.3 Å². The fraction of sp³-hybridized carbons (Fsp3) is 0.333. The minimum Gasteiger partial charge on any atom is -0.398 e. The van der Waals surface area contributed by atoms with Gasteiger partial charge in [0.1, 0.15) is 30.5 Å². The highest BCUT2D eigenvalue weighted by molar-refractivity contribution is 5.51. The molecule has 0 bridgehead atoms. The van der Waals surface area contributed by atoms with Gasteiger partial charge in [0.15, 0.2) is 0 Å². The molecule has 1 aliphatic rings. The number of nitrogen functional groups attached to an aromatic ring is 1. The number of rotatable bonds is 4. The molecule has 6 N–H and O–H groups in total. The van der Waals surface area contributed by atoms with Crippen LogP contribution in [0.25, 0.3) is 0 Å². The summed E-state index contributed by atoms with van der Waals surface area (Å²) in [7, 11) is 0. The molecule has 1 heterocycles. The average molecular weight is 369 g/mol. The van der Waals surface area contributed by atoms with Crippen molar-refractivity contribution < 1.29 is 25.2 Å². The van der Waals surface area contributed by atoms with Crippen LogP contribution in [0, 0.1) is 12.3 Å². The summed E-state index contributed by atoms with van der Waals surface area (Å²) in [5.74, 6) is 2.57. The Hall–Kier alpha value is -2.40. The third kappa shape index (κ3) is 3.98. The van der Waals surface area contributed by atoms with E-state index in [0.717, 1.165) is 16.7 Å². The SMILES string of the molecule is C#Cc1ccc(Cc2cc([C@@H]3O[C@H](CO)[C@@H](O)[C@H](O)[C@H]3O)ccc2N)cc1. The normalized spacial score (nSPS) is 27.9. The van der Waals surface area contributed by atoms with E-state index < -0.39 is 37.1 Å². The third-order valence-corrected chi connectivity index (χ3v) is 4.90. The van der Waals surface area contributed by atoms with Crippen LogP contribution >= 0.6 is 0 Å². The van der Waals surface area contributed by atoms with Crippen LogP contribution < -0.4 is 5.73 Å². The number of ether oxygens (including phenoxy) is 1. The molecule has 27 heavy (non-hydrogen) atoms. The van der Waals surface area contributed by atoms with E-state index in [1.165, 1.54) is 0 Å². The molecular weight excluding hydrogens is 346 g/mol. The number of hydrogen-bond donors (Lipinski definition) is 5. The zero-order chi connectivity index (χ0) is 19.6. The Morgan fingerprint density at radius 3 is 2.33 bits per heavy atom. The van der Waals surface area contributed by atoms with Crippen molar-refractivity contribution in [2.24, 2.45) is 0 Å². The van der Waals surface area contributed by atoms with Crippen LogP contribution in [-0.4, -0.2) is 51.4 Å². The van der Waals surface area contributed by atoms with Crippen molar-refractivity contribution >= 4 is 5.69 Å². The first-order chi connectivity index (χ1) is 12.9. The van der Waals surface area contributed by atoms with E-state index in [0.29, 0.717) is 17.7 Å². The van der Waals surface area contributed by atoms with E-state index in [4.69, 9.17) is 16.9 Å². The molecule has 6 nitrogen and oxygen atoms in total. The van der Waals surface area contributed by atoms with Crippen molar-refractivity contribution in [1.82, 2.24) is 0 Å². The number of terminal acetylenes is 1. The molecule has 0 aliphatic carbocycles. The van der Waals surface area contributed by atoms with Gasteiger partial charge in [-0.15, -0.1) is 6.42 Å². The predicted molar refractivity (Wildman–Crippen MR) is 101 cm³/mol. The molecular formula is C21H23NO5. The summed E-state index contributed by atoms with van der Waals surface area (Å²) in [4.78, 5) is 0. The van der Waals surface area contributed by atoms with Gasteiger partial charge in [0.2, 0.25) is 0 Å². The van der Waals surface area contributed by atoms with Gasteiger partial charge in [0.05, 0.1) is 6.61 Å². The molecule has 3 rings (SSSR count). The van der Waals surface area contributed by atoms with E-state index in [1.54, 1.807) is 18.2 Å². The van der Waals surface area contributed by atoms with Crippen LogP contribution in [0.15, 0.2) is 42.5 Å². The minimum absolute atomic E-state index is 0.467. The zero-order valence-corrected chi connectivity index (χ0v) is 14.7. The van der Waals surface area contributed by atoms with Gasteiger partial charge in [-0.3, -0.25) is 0 Å². The van der Waals surface area contributed by atoms with E-state index in [2.05, 4.69) is 5.92 Å². The second-order valence-corrected chi connectivity index (χ2v) is 6.73. The highest BCUT2D eigenvalue weighted by Crippen LogP contribution is 2.34. The smallest absolute Gasteiger partial charge is 0.113 e. The van der Waals surface area contributed by atoms with Crippen LogP contribution in [0.1, 0.15) is 28.4 Å². The maximum absolute atomic E-state index is 10.3. The molecule has 6 heteroatoms. The Morgan fingerprint density at radius 2 is 1.70 bits per heavy atom. The lowest BCUT2D eigenvalue weighted by atomic mass is 9.89. The van der Waals surface area contributed by atoms with Crippen LogP contribution in [0.5, 0.6) is 0 Å². The van der Waals surface area contributed by atoms with Crippen LogP contribution in [0.3, 0.4) is 0 Å². The Bertz CT molecular complexity index is 827. The summed E-state index contributed by atoms with van der Waals surface area (Å²) in [6, 6.07) is 12.8. The van der Waals surface area contributed by atoms with Gasteiger partial charge in [-0.25, -0.2) is 0 Å². The highest BCUT2D eigenvalue weighted by Gasteiger charge is 2.43. The first-order valence-corrected chi connectivity index (χ1v) is 8.69. The maximum atomic E-state index is 10.3. The summed E-state index contributed by atoms with van der Waals surface area (Å²) in [6.45, 7) is -0.467. The van der Waals surface area contributed by atoms with Crippen molar-refractivity contribution in [2.75, 3.05) is 12.3 Å². The molecule has 1 saturated heterocycles. The van der Waals surface area contributed by atoms with Crippen molar-refractivity contribution in [3.8, 4) is 12.3 Å². The monoisotopic (exact) mass is 369 g/mol. The summed E-state index contributed by atoms with van der Waals surface area (Å²) in [6.07, 6.45) is -0.0371. The van der Waals surface area contributed by atoms with Gasteiger partial charge in [0.25, 0.3) is 0 Å². The molecule has 0 unspecified atom stereocenters. The lowest BCUT2D eigenvalue weighted by molar-refractivity contribution is -0.231. The predicted octanol–water partition coefficient (Wildman–Crippen LogP) is 0.356. The van der Waals surface area contributed by atoms with Crippen molar-refractivity contribution in [2.45, 2.75) is 36.9 Å². The zero-order valence-electron chi connectivity index (χ0n) is 14.7. The molecule has 2 aromatic carbocycles. The second-order valence-electron chi connectivity index (χ2n) is 6.73. The maximum Gasteiger partial charge on any atom is 0.113 e. The molecule has 142 valence electrons. The molecule has 0 radical (unpaired) electrons. The van der Waals surface area contributed by atoms with E-state index in [9.17, 15) is 20.4 Å². The Kier molecular flexibility index (Phi) is 5.80. The van der Waals surface area contributed by atoms with Gasteiger partial charge in [-0.2, -0.15) is 0 Å². The van der Waals surface area contributed by atoms with Gasteiger partial charge in [-0.1, -0.05) is 30.2 Å². The quantitative estimate of drug-likeness (QED) is 0.392. The molecule has 0 saturated carbocycles. The van der Waals surface area contributed by atoms with Crippen LogP contribution in [0.2, 0.25) is 0 Å². The Morgan fingerprint density at radius 1 is 1.00 bits per heavy atom. The molecule has 1 aliphatic heterocycles. The molecule has 1 fully saturated rings. The van der Waals surface area contributed by atoms with Gasteiger partial charge in [-0.05, 0) is 41.3 Å². The molecule has 2 aromatic rings. The minimum atomic E-state index is -1.42.